The minimum absolute atomic E-state index is 0.134. The number of benzene rings is 2. The van der Waals surface area contributed by atoms with Gasteiger partial charge in [-0.05, 0) is 43.5 Å². The van der Waals surface area contributed by atoms with Gasteiger partial charge < -0.3 is 10.2 Å². The van der Waals surface area contributed by atoms with Crippen molar-refractivity contribution in [3.8, 4) is 0 Å². The molecule has 1 amide bonds. The van der Waals surface area contributed by atoms with Crippen LogP contribution in [-0.4, -0.2) is 33.2 Å². The number of carbonyl (C=O) groups excluding carboxylic acids is 1. The molecule has 6 heteroatoms. The third kappa shape index (κ3) is 3.69. The van der Waals surface area contributed by atoms with Crippen LogP contribution < -0.4 is 10.2 Å². The number of hydrogen-bond acceptors (Lipinski definition) is 4. The summed E-state index contributed by atoms with van der Waals surface area (Å²) in [5.41, 5.74) is 2.64. The van der Waals surface area contributed by atoms with Crippen molar-refractivity contribution in [3.63, 3.8) is 0 Å². The van der Waals surface area contributed by atoms with E-state index in [1.54, 1.807) is 18.2 Å². The summed E-state index contributed by atoms with van der Waals surface area (Å²) in [6.07, 6.45) is 3.15. The molecule has 2 aromatic rings. The summed E-state index contributed by atoms with van der Waals surface area (Å²) in [7, 11) is -3.41. The Hall–Kier alpha value is -2.34. The molecule has 1 unspecified atom stereocenters. The maximum absolute atomic E-state index is 12.8. The van der Waals surface area contributed by atoms with Gasteiger partial charge in [-0.1, -0.05) is 30.3 Å². The summed E-state index contributed by atoms with van der Waals surface area (Å²) in [6, 6.07) is 14.2. The lowest BCUT2D eigenvalue weighted by Crippen LogP contribution is -2.44. The van der Waals surface area contributed by atoms with Gasteiger partial charge >= 0.3 is 0 Å². The molecule has 1 N–H and O–H groups in total. The summed E-state index contributed by atoms with van der Waals surface area (Å²) in [5.74, 6) is -0.215. The number of rotatable bonds is 4. The van der Waals surface area contributed by atoms with Crippen LogP contribution in [0, 0.1) is 0 Å². The van der Waals surface area contributed by atoms with E-state index in [1.807, 2.05) is 25.1 Å². The van der Waals surface area contributed by atoms with Crippen molar-refractivity contribution in [1.29, 1.82) is 0 Å². The van der Waals surface area contributed by atoms with Crippen molar-refractivity contribution in [1.82, 2.24) is 0 Å². The van der Waals surface area contributed by atoms with Gasteiger partial charge in [0.15, 0.2) is 9.84 Å². The highest BCUT2D eigenvalue weighted by Gasteiger charge is 2.26. The van der Waals surface area contributed by atoms with Gasteiger partial charge in [-0.2, -0.15) is 0 Å². The van der Waals surface area contributed by atoms with Crippen LogP contribution in [0.3, 0.4) is 0 Å². The predicted octanol–water partition coefficient (Wildman–Crippen LogP) is 2.87. The predicted molar refractivity (Wildman–Crippen MR) is 99.8 cm³/mol. The molecule has 132 valence electrons. The van der Waals surface area contributed by atoms with E-state index in [2.05, 4.69) is 16.3 Å². The molecule has 0 saturated carbocycles. The van der Waals surface area contributed by atoms with Crippen molar-refractivity contribution in [2.75, 3.05) is 23.0 Å². The number of nitrogens with zero attached hydrogens (tertiary/aromatic N) is 1. The van der Waals surface area contributed by atoms with Crippen LogP contribution >= 0.6 is 0 Å². The van der Waals surface area contributed by atoms with Gasteiger partial charge in [0, 0.05) is 18.5 Å². The highest BCUT2D eigenvalue weighted by Crippen LogP contribution is 2.29. The van der Waals surface area contributed by atoms with Crippen LogP contribution in [0.5, 0.6) is 0 Å². The van der Waals surface area contributed by atoms with Crippen LogP contribution in [0.15, 0.2) is 53.4 Å². The van der Waals surface area contributed by atoms with E-state index in [9.17, 15) is 13.2 Å². The topological polar surface area (TPSA) is 66.5 Å². The second-order valence-electron chi connectivity index (χ2n) is 6.36. The second kappa shape index (κ2) is 6.88. The summed E-state index contributed by atoms with van der Waals surface area (Å²) >= 11 is 0. The number of nitrogens with one attached hydrogen (secondary N) is 1. The molecule has 1 heterocycles. The second-order valence-corrected chi connectivity index (χ2v) is 8.34. The maximum Gasteiger partial charge on any atom is 0.246 e. The van der Waals surface area contributed by atoms with Crippen LogP contribution in [0.4, 0.5) is 11.4 Å². The number of hydrogen-bond donors (Lipinski definition) is 1. The van der Waals surface area contributed by atoms with Crippen LogP contribution in [0.1, 0.15) is 18.9 Å². The minimum atomic E-state index is -3.41. The Morgan fingerprint density at radius 3 is 2.56 bits per heavy atom. The zero-order chi connectivity index (χ0) is 18.0. The molecular weight excluding hydrogens is 336 g/mol. The molecule has 0 radical (unpaired) electrons. The highest BCUT2D eigenvalue weighted by molar-refractivity contribution is 7.90. The smallest absolute Gasteiger partial charge is 0.246 e. The van der Waals surface area contributed by atoms with E-state index in [-0.39, 0.29) is 10.8 Å². The number of fused-ring (bicyclic) bond motifs is 1. The lowest BCUT2D eigenvalue weighted by molar-refractivity contribution is -0.117. The molecule has 25 heavy (non-hydrogen) atoms. The fourth-order valence-electron chi connectivity index (χ4n) is 3.24. The van der Waals surface area contributed by atoms with E-state index >= 15 is 0 Å². The van der Waals surface area contributed by atoms with Crippen molar-refractivity contribution in [3.05, 3.63) is 54.1 Å². The fourth-order valence-corrected chi connectivity index (χ4v) is 4.08. The van der Waals surface area contributed by atoms with E-state index in [0.717, 1.165) is 31.3 Å². The summed E-state index contributed by atoms with van der Waals surface area (Å²) in [5, 5.41) is 2.79. The molecular formula is C19H22N2O3S. The number of anilines is 2. The quantitative estimate of drug-likeness (QED) is 0.913. The molecule has 3 rings (SSSR count). The largest absolute Gasteiger partial charge is 0.360 e. The van der Waals surface area contributed by atoms with Gasteiger partial charge in [-0.25, -0.2) is 8.42 Å². The molecule has 2 aromatic carbocycles. The van der Waals surface area contributed by atoms with Crippen molar-refractivity contribution in [2.24, 2.45) is 0 Å². The molecule has 0 fully saturated rings. The molecule has 0 aromatic heterocycles. The number of sulfone groups is 1. The Bertz CT molecular complexity index is 893. The number of aryl methyl sites for hydroxylation is 1. The Kier molecular flexibility index (Phi) is 4.81. The van der Waals surface area contributed by atoms with Gasteiger partial charge in [0.2, 0.25) is 5.91 Å². The van der Waals surface area contributed by atoms with Crippen LogP contribution in [0.2, 0.25) is 0 Å². The van der Waals surface area contributed by atoms with Crippen LogP contribution in [0.25, 0.3) is 0 Å². The first kappa shape index (κ1) is 17.5. The van der Waals surface area contributed by atoms with E-state index in [0.29, 0.717) is 5.69 Å². The molecule has 1 atom stereocenters. The first-order valence-corrected chi connectivity index (χ1v) is 10.2. The summed E-state index contributed by atoms with van der Waals surface area (Å²) in [6.45, 7) is 2.65. The minimum Gasteiger partial charge on any atom is -0.360 e. The zero-order valence-electron chi connectivity index (χ0n) is 14.4. The first-order valence-electron chi connectivity index (χ1n) is 8.32. The highest BCUT2D eigenvalue weighted by atomic mass is 32.2. The molecule has 0 saturated heterocycles. The lowest BCUT2D eigenvalue weighted by Gasteiger charge is -2.35. The molecule has 1 aliphatic heterocycles. The summed E-state index contributed by atoms with van der Waals surface area (Å²) < 4.78 is 23.8. The van der Waals surface area contributed by atoms with Gasteiger partial charge in [-0.15, -0.1) is 0 Å². The standard InChI is InChI=1S/C19H22N2O3S/c1-14(21-13-7-9-15-8-3-5-11-17(15)21)19(22)20-16-10-4-6-12-18(16)25(2,23)24/h3-6,8,10-12,14H,7,9,13H2,1-2H3,(H,20,22). The van der Waals surface area contributed by atoms with Crippen LogP contribution in [-0.2, 0) is 21.1 Å². The number of para-hydroxylation sites is 2. The Balaban J connectivity index is 1.84. The Labute approximate surface area is 148 Å². The molecule has 0 spiro atoms. The zero-order valence-corrected chi connectivity index (χ0v) is 15.2. The molecule has 5 nitrogen and oxygen atoms in total. The number of carbonyl (C=O) groups is 1. The average molecular weight is 358 g/mol. The van der Waals surface area contributed by atoms with E-state index in [1.165, 1.54) is 11.6 Å². The SMILES string of the molecule is CC(C(=O)Nc1ccccc1S(C)(=O)=O)N1CCCc2ccccc21. The first-order chi connectivity index (χ1) is 11.9. The molecule has 1 aliphatic rings. The maximum atomic E-state index is 12.8. The Morgan fingerprint density at radius 1 is 1.12 bits per heavy atom. The van der Waals surface area contributed by atoms with Gasteiger partial charge in [-0.3, -0.25) is 4.79 Å². The third-order valence-electron chi connectivity index (χ3n) is 4.54. The fraction of sp³-hybridized carbons (Fsp3) is 0.316. The normalized spacial score (nSPS) is 15.4. The van der Waals surface area contributed by atoms with Crippen molar-refractivity contribution in [2.45, 2.75) is 30.7 Å². The molecule has 0 bridgehead atoms. The van der Waals surface area contributed by atoms with E-state index < -0.39 is 15.9 Å². The van der Waals surface area contributed by atoms with Gasteiger partial charge in [0.1, 0.15) is 6.04 Å². The lowest BCUT2D eigenvalue weighted by atomic mass is 10.00. The average Bonchev–Trinajstić information content (AvgIpc) is 2.60. The van der Waals surface area contributed by atoms with Crippen molar-refractivity contribution >= 4 is 27.1 Å². The number of amides is 1. The molecule has 0 aliphatic carbocycles. The van der Waals surface area contributed by atoms with Gasteiger partial charge in [0.25, 0.3) is 0 Å². The van der Waals surface area contributed by atoms with Gasteiger partial charge in [0.05, 0.1) is 10.6 Å². The third-order valence-corrected chi connectivity index (χ3v) is 5.69. The Morgan fingerprint density at radius 2 is 1.80 bits per heavy atom. The monoisotopic (exact) mass is 358 g/mol. The summed E-state index contributed by atoms with van der Waals surface area (Å²) in [4.78, 5) is 15.0. The van der Waals surface area contributed by atoms with Crippen molar-refractivity contribution < 1.29 is 13.2 Å². The van der Waals surface area contributed by atoms with E-state index in [4.69, 9.17) is 0 Å².